The lowest BCUT2D eigenvalue weighted by Gasteiger charge is -2.12. The molecule has 0 heterocycles. The summed E-state index contributed by atoms with van der Waals surface area (Å²) in [6, 6.07) is 13.5. The third kappa shape index (κ3) is 7.46. The molecule has 146 valence electrons. The van der Waals surface area contributed by atoms with Crippen LogP contribution < -0.4 is 15.8 Å². The highest BCUT2D eigenvalue weighted by atomic mass is 127. The molecule has 0 saturated heterocycles. The predicted molar refractivity (Wildman–Crippen MR) is 121 cm³/mol. The van der Waals surface area contributed by atoms with Crippen molar-refractivity contribution in [1.82, 2.24) is 4.90 Å². The van der Waals surface area contributed by atoms with E-state index < -0.39 is 0 Å². The van der Waals surface area contributed by atoms with Gasteiger partial charge in [0.05, 0.1) is 6.54 Å². The minimum Gasteiger partial charge on any atom is -0.484 e. The average Bonchev–Trinajstić information content (AvgIpc) is 2.61. The second-order valence-electron chi connectivity index (χ2n) is 6.35. The van der Waals surface area contributed by atoms with E-state index in [2.05, 4.69) is 24.2 Å². The van der Waals surface area contributed by atoms with Gasteiger partial charge in [-0.25, -0.2) is 4.99 Å². The zero-order valence-corrected chi connectivity index (χ0v) is 18.5. The highest BCUT2D eigenvalue weighted by Crippen LogP contribution is 2.15. The van der Waals surface area contributed by atoms with Gasteiger partial charge in [-0.1, -0.05) is 18.2 Å². The second kappa shape index (κ2) is 10.8. The minimum atomic E-state index is -0.0877. The minimum absolute atomic E-state index is 0. The number of likely N-dealkylation sites (N-methyl/N-ethyl adjacent to an activating group) is 1. The maximum Gasteiger partial charge on any atom is 0.259 e. The first-order valence-corrected chi connectivity index (χ1v) is 8.41. The van der Waals surface area contributed by atoms with E-state index in [9.17, 15) is 4.79 Å². The molecule has 1 amide bonds. The Hall–Kier alpha value is -2.29. The second-order valence-corrected chi connectivity index (χ2v) is 6.35. The number of nitrogens with two attached hydrogens (primary N) is 1. The highest BCUT2D eigenvalue weighted by molar-refractivity contribution is 14.0. The number of anilines is 1. The highest BCUT2D eigenvalue weighted by Gasteiger charge is 2.05. The van der Waals surface area contributed by atoms with Crippen LogP contribution in [0.25, 0.3) is 0 Å². The number of ether oxygens (including phenoxy) is 1. The molecule has 0 atom stereocenters. The summed E-state index contributed by atoms with van der Waals surface area (Å²) in [6.45, 7) is 4.55. The first-order valence-electron chi connectivity index (χ1n) is 8.41. The number of guanidine groups is 1. The van der Waals surface area contributed by atoms with Gasteiger partial charge in [0.15, 0.2) is 12.6 Å². The number of carbonyl (C=O) groups is 1. The third-order valence-electron chi connectivity index (χ3n) is 3.97. The van der Waals surface area contributed by atoms with Gasteiger partial charge in [0.2, 0.25) is 0 Å². The van der Waals surface area contributed by atoms with Crippen LogP contribution in [-0.4, -0.2) is 37.5 Å². The number of aryl methyl sites for hydroxylation is 2. The number of benzene rings is 2. The van der Waals surface area contributed by atoms with Crippen LogP contribution in [0.3, 0.4) is 0 Å². The van der Waals surface area contributed by atoms with Crippen molar-refractivity contribution in [3.63, 3.8) is 0 Å². The maximum atomic E-state index is 11.6. The third-order valence-corrected chi connectivity index (χ3v) is 3.97. The number of hydrogen-bond donors (Lipinski definition) is 2. The van der Waals surface area contributed by atoms with Crippen molar-refractivity contribution in [2.24, 2.45) is 10.7 Å². The Balaban J connectivity index is 0.00000364. The molecule has 6 nitrogen and oxygen atoms in total. The first-order chi connectivity index (χ1) is 12.3. The normalized spacial score (nSPS) is 10.7. The molecule has 0 spiro atoms. The Morgan fingerprint density at radius 2 is 1.89 bits per heavy atom. The molecular formula is C20H27IN4O2. The molecule has 7 heteroatoms. The molecule has 0 aliphatic carbocycles. The summed E-state index contributed by atoms with van der Waals surface area (Å²) in [7, 11) is 3.39. The van der Waals surface area contributed by atoms with Gasteiger partial charge in [-0.2, -0.15) is 0 Å². The fourth-order valence-corrected chi connectivity index (χ4v) is 2.19. The molecule has 0 bridgehead atoms. The van der Waals surface area contributed by atoms with Gasteiger partial charge in [0.25, 0.3) is 5.91 Å². The number of halogens is 1. The molecule has 0 unspecified atom stereocenters. The first kappa shape index (κ1) is 22.8. The lowest BCUT2D eigenvalue weighted by molar-refractivity contribution is -0.130. The zero-order valence-electron chi connectivity index (χ0n) is 16.2. The molecule has 0 aromatic heterocycles. The van der Waals surface area contributed by atoms with Crippen LogP contribution in [-0.2, 0) is 11.3 Å². The Kier molecular flexibility index (Phi) is 9.07. The fourth-order valence-electron chi connectivity index (χ4n) is 2.19. The van der Waals surface area contributed by atoms with E-state index in [0.29, 0.717) is 18.3 Å². The molecular weight excluding hydrogens is 455 g/mol. The molecule has 0 aliphatic rings. The largest absolute Gasteiger partial charge is 0.484 e. The topological polar surface area (TPSA) is 80.0 Å². The van der Waals surface area contributed by atoms with E-state index in [-0.39, 0.29) is 36.5 Å². The lowest BCUT2D eigenvalue weighted by atomic mass is 10.1. The van der Waals surface area contributed by atoms with Crippen molar-refractivity contribution in [2.75, 3.05) is 26.0 Å². The van der Waals surface area contributed by atoms with Gasteiger partial charge in [-0.05, 0) is 54.8 Å². The van der Waals surface area contributed by atoms with Gasteiger partial charge in [-0.3, -0.25) is 4.79 Å². The number of nitrogens with zero attached hydrogens (tertiary/aromatic N) is 2. The van der Waals surface area contributed by atoms with E-state index in [1.807, 2.05) is 42.5 Å². The molecule has 0 saturated carbocycles. The number of nitrogens with one attached hydrogen (secondary N) is 1. The standard InChI is InChI=1S/C20H26N4O2.HI/c1-14-8-9-17(10-15(14)2)23-20(21)22-12-16-6-5-7-18(11-16)26-13-19(25)24(3)4;/h5-11H,12-13H2,1-4H3,(H3,21,22,23);1H. The van der Waals surface area contributed by atoms with Gasteiger partial charge in [0, 0.05) is 19.8 Å². The van der Waals surface area contributed by atoms with Crippen LogP contribution in [0, 0.1) is 13.8 Å². The Labute approximate surface area is 177 Å². The molecule has 2 aromatic carbocycles. The summed E-state index contributed by atoms with van der Waals surface area (Å²) in [4.78, 5) is 17.4. The van der Waals surface area contributed by atoms with Crippen molar-refractivity contribution in [2.45, 2.75) is 20.4 Å². The lowest BCUT2D eigenvalue weighted by Crippen LogP contribution is -2.27. The summed E-state index contributed by atoms with van der Waals surface area (Å²) in [5.41, 5.74) is 10.3. The van der Waals surface area contributed by atoms with Gasteiger partial charge in [0.1, 0.15) is 5.75 Å². The molecule has 27 heavy (non-hydrogen) atoms. The van der Waals surface area contributed by atoms with Crippen molar-refractivity contribution in [3.05, 3.63) is 59.2 Å². The van der Waals surface area contributed by atoms with E-state index in [4.69, 9.17) is 10.5 Å². The van der Waals surface area contributed by atoms with Crippen molar-refractivity contribution in [3.8, 4) is 5.75 Å². The van der Waals surface area contributed by atoms with E-state index in [1.54, 1.807) is 14.1 Å². The van der Waals surface area contributed by atoms with Gasteiger partial charge < -0.3 is 20.7 Å². The number of rotatable bonds is 6. The van der Waals surface area contributed by atoms with Crippen LogP contribution in [0.1, 0.15) is 16.7 Å². The molecule has 0 aliphatic heterocycles. The van der Waals surface area contributed by atoms with Crippen LogP contribution >= 0.6 is 24.0 Å². The molecule has 0 fully saturated rings. The predicted octanol–water partition coefficient (Wildman–Crippen LogP) is 3.32. The Morgan fingerprint density at radius 1 is 1.15 bits per heavy atom. The van der Waals surface area contributed by atoms with Gasteiger partial charge >= 0.3 is 0 Å². The Morgan fingerprint density at radius 3 is 2.56 bits per heavy atom. The number of carbonyl (C=O) groups excluding carboxylic acids is 1. The van der Waals surface area contributed by atoms with E-state index in [0.717, 1.165) is 11.3 Å². The van der Waals surface area contributed by atoms with E-state index in [1.165, 1.54) is 16.0 Å². The number of amides is 1. The smallest absolute Gasteiger partial charge is 0.259 e. The van der Waals surface area contributed by atoms with Crippen LogP contribution in [0.4, 0.5) is 5.69 Å². The van der Waals surface area contributed by atoms with Crippen molar-refractivity contribution >= 4 is 41.5 Å². The zero-order chi connectivity index (χ0) is 19.1. The number of hydrogen-bond acceptors (Lipinski definition) is 3. The summed E-state index contributed by atoms with van der Waals surface area (Å²) in [6.07, 6.45) is 0. The van der Waals surface area contributed by atoms with Crippen molar-refractivity contribution in [1.29, 1.82) is 0 Å². The summed E-state index contributed by atoms with van der Waals surface area (Å²) in [5.74, 6) is 0.895. The van der Waals surface area contributed by atoms with E-state index >= 15 is 0 Å². The quantitative estimate of drug-likeness (QED) is 0.376. The average molecular weight is 482 g/mol. The maximum absolute atomic E-state index is 11.6. The summed E-state index contributed by atoms with van der Waals surface area (Å²) < 4.78 is 5.51. The molecule has 0 radical (unpaired) electrons. The molecule has 2 aromatic rings. The molecule has 2 rings (SSSR count). The molecule has 3 N–H and O–H groups in total. The Bertz CT molecular complexity index is 806. The van der Waals surface area contributed by atoms with Crippen LogP contribution in [0.5, 0.6) is 5.75 Å². The fraction of sp³-hybridized carbons (Fsp3) is 0.300. The van der Waals surface area contributed by atoms with Crippen molar-refractivity contribution < 1.29 is 9.53 Å². The monoisotopic (exact) mass is 482 g/mol. The SMILES string of the molecule is Cc1ccc(NC(N)=NCc2cccc(OCC(=O)N(C)C)c2)cc1C.I. The summed E-state index contributed by atoms with van der Waals surface area (Å²) in [5, 5.41) is 3.09. The summed E-state index contributed by atoms with van der Waals surface area (Å²) >= 11 is 0. The van der Waals surface area contributed by atoms with Crippen LogP contribution in [0.15, 0.2) is 47.5 Å². The number of aliphatic imine (C=N–C) groups is 1. The van der Waals surface area contributed by atoms with Gasteiger partial charge in [-0.15, -0.1) is 24.0 Å². The van der Waals surface area contributed by atoms with Crippen LogP contribution in [0.2, 0.25) is 0 Å².